The van der Waals surface area contributed by atoms with Crippen molar-refractivity contribution in [1.82, 2.24) is 4.90 Å². The Morgan fingerprint density at radius 1 is 1.35 bits per heavy atom. The molecule has 4 heteroatoms. The van der Waals surface area contributed by atoms with Crippen molar-refractivity contribution in [3.8, 4) is 0 Å². The van der Waals surface area contributed by atoms with E-state index in [1.54, 1.807) is 0 Å². The first-order valence-corrected chi connectivity index (χ1v) is 6.72. The van der Waals surface area contributed by atoms with Gasteiger partial charge >= 0.3 is 0 Å². The molecule has 0 saturated carbocycles. The van der Waals surface area contributed by atoms with Crippen LogP contribution in [0.4, 0.5) is 4.39 Å². The molecule has 0 aromatic heterocycles. The molecule has 2 nitrogen and oxygen atoms in total. The molecule has 2 rings (SSSR count). The van der Waals surface area contributed by atoms with Gasteiger partial charge in [-0.2, -0.15) is 0 Å². The second-order valence-corrected chi connectivity index (χ2v) is 5.47. The topological polar surface area (TPSA) is 23.5 Å². The van der Waals surface area contributed by atoms with Gasteiger partial charge in [0.15, 0.2) is 0 Å². The number of aliphatic hydroxyl groups excluding tert-OH is 1. The molecule has 17 heavy (non-hydrogen) atoms. The van der Waals surface area contributed by atoms with E-state index in [2.05, 4.69) is 20.8 Å². The maximum absolute atomic E-state index is 12.0. The number of halogens is 2. The number of alkyl halides is 1. The van der Waals surface area contributed by atoms with E-state index in [1.807, 2.05) is 24.3 Å². The molecule has 0 amide bonds. The first-order valence-electron chi connectivity index (χ1n) is 5.92. The van der Waals surface area contributed by atoms with Crippen LogP contribution in [0.15, 0.2) is 28.7 Å². The molecule has 1 saturated heterocycles. The lowest BCUT2D eigenvalue weighted by molar-refractivity contribution is -0.00609. The van der Waals surface area contributed by atoms with Crippen LogP contribution < -0.4 is 0 Å². The molecule has 1 atom stereocenters. The van der Waals surface area contributed by atoms with Gasteiger partial charge in [-0.15, -0.1) is 0 Å². The Labute approximate surface area is 110 Å². The summed E-state index contributed by atoms with van der Waals surface area (Å²) in [5.74, 6) is 0.288. The van der Waals surface area contributed by atoms with Gasteiger partial charge < -0.3 is 10.0 Å². The molecule has 1 N–H and O–H groups in total. The van der Waals surface area contributed by atoms with Gasteiger partial charge in [0.2, 0.25) is 0 Å². The monoisotopic (exact) mass is 301 g/mol. The summed E-state index contributed by atoms with van der Waals surface area (Å²) < 4.78 is 13.0. The SMILES string of the molecule is OC(c1ccc(Br)cc1)C1CN(CCCF)C1. The average Bonchev–Trinajstić information content (AvgIpc) is 2.28. The highest BCUT2D eigenvalue weighted by atomic mass is 79.9. The highest BCUT2D eigenvalue weighted by Crippen LogP contribution is 2.30. The normalized spacial score (nSPS) is 19.0. The predicted molar refractivity (Wildman–Crippen MR) is 69.6 cm³/mol. The standard InChI is InChI=1S/C13H17BrFNO/c14-12-4-2-10(3-5-12)13(17)11-8-16(9-11)7-1-6-15/h2-5,11,13,17H,1,6-9H2. The molecular weight excluding hydrogens is 285 g/mol. The van der Waals surface area contributed by atoms with Gasteiger partial charge in [0.1, 0.15) is 0 Å². The van der Waals surface area contributed by atoms with Crippen LogP contribution >= 0.6 is 15.9 Å². The van der Waals surface area contributed by atoms with Crippen molar-refractivity contribution in [3.63, 3.8) is 0 Å². The van der Waals surface area contributed by atoms with Crippen molar-refractivity contribution in [2.45, 2.75) is 12.5 Å². The van der Waals surface area contributed by atoms with E-state index in [0.717, 1.165) is 29.7 Å². The zero-order chi connectivity index (χ0) is 12.3. The summed E-state index contributed by atoms with van der Waals surface area (Å²) in [7, 11) is 0. The van der Waals surface area contributed by atoms with Crippen molar-refractivity contribution in [2.24, 2.45) is 5.92 Å². The molecular formula is C13H17BrFNO. The third-order valence-corrected chi connectivity index (χ3v) is 3.78. The lowest BCUT2D eigenvalue weighted by Gasteiger charge is -2.41. The molecule has 1 unspecified atom stereocenters. The number of nitrogens with zero attached hydrogens (tertiary/aromatic N) is 1. The van der Waals surface area contributed by atoms with Crippen molar-refractivity contribution >= 4 is 15.9 Å². The second-order valence-electron chi connectivity index (χ2n) is 4.56. The largest absolute Gasteiger partial charge is 0.388 e. The third-order valence-electron chi connectivity index (χ3n) is 3.25. The molecule has 1 aromatic rings. The van der Waals surface area contributed by atoms with Gasteiger partial charge in [0, 0.05) is 30.0 Å². The quantitative estimate of drug-likeness (QED) is 0.904. The fraction of sp³-hybridized carbons (Fsp3) is 0.538. The Bertz CT molecular complexity index is 351. The summed E-state index contributed by atoms with van der Waals surface area (Å²) in [6, 6.07) is 7.77. The molecule has 1 heterocycles. The minimum absolute atomic E-state index is 0.254. The molecule has 0 bridgehead atoms. The zero-order valence-corrected chi connectivity index (χ0v) is 11.2. The van der Waals surface area contributed by atoms with E-state index >= 15 is 0 Å². The van der Waals surface area contributed by atoms with E-state index in [9.17, 15) is 9.50 Å². The fourth-order valence-corrected chi connectivity index (χ4v) is 2.47. The number of benzene rings is 1. The summed E-state index contributed by atoms with van der Waals surface area (Å²) in [6.07, 6.45) is 0.200. The number of aliphatic hydroxyl groups is 1. The summed E-state index contributed by atoms with van der Waals surface area (Å²) >= 11 is 3.38. The van der Waals surface area contributed by atoms with Crippen LogP contribution in [-0.4, -0.2) is 36.3 Å². The van der Waals surface area contributed by atoms with Crippen LogP contribution in [0.1, 0.15) is 18.1 Å². The lowest BCUT2D eigenvalue weighted by atomic mass is 9.89. The van der Waals surface area contributed by atoms with E-state index < -0.39 is 6.10 Å². The zero-order valence-electron chi connectivity index (χ0n) is 9.65. The Hall–Kier alpha value is -0.450. The Morgan fingerprint density at radius 2 is 2.00 bits per heavy atom. The van der Waals surface area contributed by atoms with Gasteiger partial charge in [-0.1, -0.05) is 28.1 Å². The maximum Gasteiger partial charge on any atom is 0.0906 e. The number of likely N-dealkylation sites (tertiary alicyclic amines) is 1. The molecule has 0 radical (unpaired) electrons. The summed E-state index contributed by atoms with van der Waals surface area (Å²) in [6.45, 7) is 2.30. The molecule has 1 aliphatic heterocycles. The molecule has 0 spiro atoms. The number of rotatable bonds is 5. The predicted octanol–water partition coefficient (Wildman–Crippen LogP) is 2.77. The fourth-order valence-electron chi connectivity index (χ4n) is 2.21. The highest BCUT2D eigenvalue weighted by Gasteiger charge is 2.32. The van der Waals surface area contributed by atoms with Gasteiger partial charge in [0.25, 0.3) is 0 Å². The Kier molecular flexibility index (Phi) is 4.54. The first kappa shape index (κ1) is 13.0. The summed E-state index contributed by atoms with van der Waals surface area (Å²) in [5.41, 5.74) is 0.961. The number of hydrogen-bond donors (Lipinski definition) is 1. The van der Waals surface area contributed by atoms with Crippen LogP contribution in [-0.2, 0) is 0 Å². The average molecular weight is 302 g/mol. The summed E-state index contributed by atoms with van der Waals surface area (Å²) in [5, 5.41) is 10.2. The van der Waals surface area contributed by atoms with Crippen LogP contribution in [0.25, 0.3) is 0 Å². The van der Waals surface area contributed by atoms with Crippen LogP contribution in [0.3, 0.4) is 0 Å². The van der Waals surface area contributed by atoms with Gasteiger partial charge in [-0.3, -0.25) is 4.39 Å². The second kappa shape index (κ2) is 5.94. The van der Waals surface area contributed by atoms with Crippen LogP contribution in [0, 0.1) is 5.92 Å². The van der Waals surface area contributed by atoms with Crippen LogP contribution in [0.5, 0.6) is 0 Å². The van der Waals surface area contributed by atoms with E-state index in [0.29, 0.717) is 6.42 Å². The molecule has 0 aliphatic carbocycles. The summed E-state index contributed by atoms with van der Waals surface area (Å²) in [4.78, 5) is 2.19. The van der Waals surface area contributed by atoms with Crippen LogP contribution in [0.2, 0.25) is 0 Å². The van der Waals surface area contributed by atoms with E-state index in [-0.39, 0.29) is 12.6 Å². The smallest absolute Gasteiger partial charge is 0.0906 e. The van der Waals surface area contributed by atoms with Crippen molar-refractivity contribution in [3.05, 3.63) is 34.3 Å². The molecule has 94 valence electrons. The van der Waals surface area contributed by atoms with E-state index in [4.69, 9.17) is 0 Å². The Balaban J connectivity index is 1.82. The van der Waals surface area contributed by atoms with Gasteiger partial charge in [0.05, 0.1) is 12.8 Å². The first-order chi connectivity index (χ1) is 8.20. The lowest BCUT2D eigenvalue weighted by Crippen LogP contribution is -2.49. The minimum Gasteiger partial charge on any atom is -0.388 e. The van der Waals surface area contributed by atoms with Crippen molar-refractivity contribution in [2.75, 3.05) is 26.3 Å². The maximum atomic E-state index is 12.0. The highest BCUT2D eigenvalue weighted by molar-refractivity contribution is 9.10. The van der Waals surface area contributed by atoms with Gasteiger partial charge in [-0.05, 0) is 24.1 Å². The number of hydrogen-bond acceptors (Lipinski definition) is 2. The minimum atomic E-state index is -0.398. The Morgan fingerprint density at radius 3 is 2.59 bits per heavy atom. The van der Waals surface area contributed by atoms with Gasteiger partial charge in [-0.25, -0.2) is 0 Å². The molecule has 1 aromatic carbocycles. The molecule has 1 fully saturated rings. The third kappa shape index (κ3) is 3.27. The van der Waals surface area contributed by atoms with Crippen molar-refractivity contribution < 1.29 is 9.50 Å². The van der Waals surface area contributed by atoms with Crippen molar-refractivity contribution in [1.29, 1.82) is 0 Å². The van der Waals surface area contributed by atoms with E-state index in [1.165, 1.54) is 0 Å². The molecule has 1 aliphatic rings.